The average molecular weight is 193 g/mol. The van der Waals surface area contributed by atoms with Crippen LogP contribution < -0.4 is 5.32 Å². The molecular weight excluding hydrogens is 178 g/mol. The van der Waals surface area contributed by atoms with E-state index in [1.165, 1.54) is 0 Å². The highest BCUT2D eigenvalue weighted by Gasteiger charge is 2.33. The quantitative estimate of drug-likeness (QED) is 0.763. The Hall–Kier alpha value is -1.35. The first-order valence-electron chi connectivity index (χ1n) is 4.65. The fourth-order valence-electron chi connectivity index (χ4n) is 1.43. The summed E-state index contributed by atoms with van der Waals surface area (Å²) in [5, 5.41) is 12.1. The van der Waals surface area contributed by atoms with Gasteiger partial charge in [0, 0.05) is 0 Å². The van der Waals surface area contributed by atoms with Gasteiger partial charge in [0.05, 0.1) is 0 Å². The van der Waals surface area contributed by atoms with Gasteiger partial charge in [-0.05, 0) is 19.0 Å². The second-order valence-corrected chi connectivity index (χ2v) is 3.33. The zero-order valence-corrected chi connectivity index (χ0v) is 8.45. The van der Waals surface area contributed by atoms with E-state index in [-0.39, 0.29) is 0 Å². The molecule has 0 fully saturated rings. The Labute approximate surface area is 83.8 Å². The van der Waals surface area contributed by atoms with E-state index in [9.17, 15) is 4.79 Å². The molecule has 0 radical (unpaired) electrons. The molecular formula is C11H15NO2. The second-order valence-electron chi connectivity index (χ2n) is 3.33. The highest BCUT2D eigenvalue weighted by molar-refractivity contribution is 5.80. The molecule has 0 spiro atoms. The minimum Gasteiger partial charge on any atom is -0.480 e. The van der Waals surface area contributed by atoms with Gasteiger partial charge in [0.2, 0.25) is 0 Å². The molecule has 0 aromatic heterocycles. The number of rotatable bonds is 4. The third-order valence-electron chi connectivity index (χ3n) is 2.31. The van der Waals surface area contributed by atoms with Crippen molar-refractivity contribution in [3.8, 4) is 0 Å². The van der Waals surface area contributed by atoms with Crippen molar-refractivity contribution in [2.24, 2.45) is 0 Å². The lowest BCUT2D eigenvalue weighted by molar-refractivity contribution is -0.144. The Morgan fingerprint density at radius 2 is 2.00 bits per heavy atom. The van der Waals surface area contributed by atoms with Crippen LogP contribution in [0.2, 0.25) is 0 Å². The van der Waals surface area contributed by atoms with Crippen LogP contribution in [0.3, 0.4) is 0 Å². The molecule has 0 bridgehead atoms. The molecule has 0 heterocycles. The van der Waals surface area contributed by atoms with Crippen LogP contribution >= 0.6 is 0 Å². The van der Waals surface area contributed by atoms with Gasteiger partial charge in [0.1, 0.15) is 5.54 Å². The lowest BCUT2D eigenvalue weighted by Gasteiger charge is -2.26. The number of aliphatic carboxylic acids is 1. The molecule has 1 aromatic carbocycles. The van der Waals surface area contributed by atoms with Crippen molar-refractivity contribution in [3.63, 3.8) is 0 Å². The molecule has 14 heavy (non-hydrogen) atoms. The predicted molar refractivity (Wildman–Crippen MR) is 55.1 cm³/mol. The number of hydrogen-bond donors (Lipinski definition) is 2. The smallest absolute Gasteiger partial charge is 0.328 e. The van der Waals surface area contributed by atoms with Crippen molar-refractivity contribution in [1.82, 2.24) is 5.32 Å². The summed E-state index contributed by atoms with van der Waals surface area (Å²) in [5.41, 5.74) is -0.218. The summed E-state index contributed by atoms with van der Waals surface area (Å²) < 4.78 is 0. The van der Waals surface area contributed by atoms with Gasteiger partial charge in [-0.15, -0.1) is 0 Å². The van der Waals surface area contributed by atoms with Crippen molar-refractivity contribution < 1.29 is 9.90 Å². The first kappa shape index (κ1) is 10.7. The summed E-state index contributed by atoms with van der Waals surface area (Å²) >= 11 is 0. The molecule has 0 aliphatic heterocycles. The zero-order chi connectivity index (χ0) is 10.6. The number of carbonyl (C=O) groups is 1. The minimum atomic E-state index is -0.990. The minimum absolute atomic E-state index is 0.623. The van der Waals surface area contributed by atoms with Crippen molar-refractivity contribution in [2.75, 3.05) is 6.54 Å². The maximum absolute atomic E-state index is 11.1. The molecule has 1 atom stereocenters. The van der Waals surface area contributed by atoms with Crippen LogP contribution in [0.5, 0.6) is 0 Å². The van der Waals surface area contributed by atoms with E-state index < -0.39 is 11.5 Å². The molecule has 76 valence electrons. The predicted octanol–water partition coefficient (Wildman–Crippen LogP) is 1.60. The topological polar surface area (TPSA) is 49.3 Å². The van der Waals surface area contributed by atoms with Gasteiger partial charge in [0.25, 0.3) is 0 Å². The van der Waals surface area contributed by atoms with Gasteiger partial charge in [-0.3, -0.25) is 5.32 Å². The molecule has 0 saturated carbocycles. The normalized spacial score (nSPS) is 14.7. The van der Waals surface area contributed by atoms with E-state index in [0.717, 1.165) is 5.56 Å². The fourth-order valence-corrected chi connectivity index (χ4v) is 1.43. The average Bonchev–Trinajstić information content (AvgIpc) is 2.19. The fraction of sp³-hybridized carbons (Fsp3) is 0.364. The Bertz CT molecular complexity index is 310. The van der Waals surface area contributed by atoms with E-state index in [0.29, 0.717) is 6.54 Å². The Morgan fingerprint density at radius 3 is 2.43 bits per heavy atom. The molecule has 1 rings (SSSR count). The number of carboxylic acids is 1. The number of likely N-dealkylation sites (N-methyl/N-ethyl adjacent to an activating group) is 1. The molecule has 0 saturated heterocycles. The van der Waals surface area contributed by atoms with Crippen LogP contribution in [-0.2, 0) is 10.3 Å². The van der Waals surface area contributed by atoms with Gasteiger partial charge in [-0.2, -0.15) is 0 Å². The standard InChI is InChI=1S/C11H15NO2/c1-3-12-11(2,10(13)14)9-7-5-4-6-8-9/h4-8,12H,3H2,1-2H3,(H,13,14)/t11-/m1/s1. The monoisotopic (exact) mass is 193 g/mol. The van der Waals surface area contributed by atoms with Crippen LogP contribution in [0.15, 0.2) is 30.3 Å². The largest absolute Gasteiger partial charge is 0.480 e. The zero-order valence-electron chi connectivity index (χ0n) is 8.45. The van der Waals surface area contributed by atoms with Gasteiger partial charge < -0.3 is 5.11 Å². The number of benzene rings is 1. The first-order valence-corrected chi connectivity index (χ1v) is 4.65. The van der Waals surface area contributed by atoms with Crippen LogP contribution in [-0.4, -0.2) is 17.6 Å². The summed E-state index contributed by atoms with van der Waals surface area (Å²) in [6.45, 7) is 4.19. The molecule has 0 aliphatic rings. The molecule has 0 unspecified atom stereocenters. The van der Waals surface area contributed by atoms with E-state index >= 15 is 0 Å². The van der Waals surface area contributed by atoms with Crippen molar-refractivity contribution >= 4 is 5.97 Å². The van der Waals surface area contributed by atoms with E-state index in [1.807, 2.05) is 37.3 Å². The Kier molecular flexibility index (Phi) is 3.25. The van der Waals surface area contributed by atoms with Crippen molar-refractivity contribution in [3.05, 3.63) is 35.9 Å². The van der Waals surface area contributed by atoms with E-state index in [4.69, 9.17) is 5.11 Å². The Morgan fingerprint density at radius 1 is 1.43 bits per heavy atom. The number of nitrogens with one attached hydrogen (secondary N) is 1. The van der Waals surface area contributed by atoms with Crippen molar-refractivity contribution in [2.45, 2.75) is 19.4 Å². The molecule has 3 nitrogen and oxygen atoms in total. The molecule has 0 aliphatic carbocycles. The maximum atomic E-state index is 11.1. The van der Waals surface area contributed by atoms with Crippen LogP contribution in [0.1, 0.15) is 19.4 Å². The van der Waals surface area contributed by atoms with Gasteiger partial charge >= 0.3 is 5.97 Å². The summed E-state index contributed by atoms with van der Waals surface area (Å²) in [4.78, 5) is 11.1. The van der Waals surface area contributed by atoms with E-state index in [1.54, 1.807) is 6.92 Å². The summed E-state index contributed by atoms with van der Waals surface area (Å²) in [5.74, 6) is -0.856. The van der Waals surface area contributed by atoms with Crippen molar-refractivity contribution in [1.29, 1.82) is 0 Å². The van der Waals surface area contributed by atoms with Crippen LogP contribution in [0, 0.1) is 0 Å². The van der Waals surface area contributed by atoms with Gasteiger partial charge in [0.15, 0.2) is 0 Å². The number of hydrogen-bond acceptors (Lipinski definition) is 2. The van der Waals surface area contributed by atoms with Crippen LogP contribution in [0.25, 0.3) is 0 Å². The lowest BCUT2D eigenvalue weighted by atomic mass is 9.92. The van der Waals surface area contributed by atoms with Crippen LogP contribution in [0.4, 0.5) is 0 Å². The molecule has 0 amide bonds. The summed E-state index contributed by atoms with van der Waals surface area (Å²) in [7, 11) is 0. The lowest BCUT2D eigenvalue weighted by Crippen LogP contribution is -2.46. The van der Waals surface area contributed by atoms with Gasteiger partial charge in [-0.25, -0.2) is 4.79 Å². The third-order valence-corrected chi connectivity index (χ3v) is 2.31. The third kappa shape index (κ3) is 1.93. The molecule has 3 heteroatoms. The molecule has 1 aromatic rings. The summed E-state index contributed by atoms with van der Waals surface area (Å²) in [6.07, 6.45) is 0. The molecule has 2 N–H and O–H groups in total. The highest BCUT2D eigenvalue weighted by Crippen LogP contribution is 2.20. The second kappa shape index (κ2) is 4.24. The van der Waals surface area contributed by atoms with E-state index in [2.05, 4.69) is 5.32 Å². The Balaban J connectivity index is 3.06. The first-order chi connectivity index (χ1) is 6.61. The number of carboxylic acid groups (broad SMARTS) is 1. The maximum Gasteiger partial charge on any atom is 0.328 e. The summed E-state index contributed by atoms with van der Waals surface area (Å²) in [6, 6.07) is 9.19. The highest BCUT2D eigenvalue weighted by atomic mass is 16.4. The van der Waals surface area contributed by atoms with Gasteiger partial charge in [-0.1, -0.05) is 37.3 Å². The SMILES string of the molecule is CCN[C@@](C)(C(=O)O)c1ccccc1.